The van der Waals surface area contributed by atoms with Crippen LogP contribution < -0.4 is 23.7 Å². The molecule has 0 radical (unpaired) electrons. The predicted octanol–water partition coefficient (Wildman–Crippen LogP) is 1.10. The number of aliphatic hydroxyl groups is 2. The minimum Gasteiger partial charge on any atom is -0.493 e. The Labute approximate surface area is 276 Å². The third-order valence-electron chi connectivity index (χ3n) is 9.39. The Hall–Kier alpha value is -3.70. The Bertz CT molecular complexity index is 1540. The molecule has 1 aliphatic carbocycles. The summed E-state index contributed by atoms with van der Waals surface area (Å²) in [6.45, 7) is 1.90. The number of fused-ring (bicyclic) bond motifs is 4. The SMILES string of the molecule is COc1cc(C2c3cc4c(cc3C(OC3OC5COC(C)OC5C(O)C3O)C3COC(=O)C23)OCO4)cc(OC)c1OC(=O)CN(C)C. The van der Waals surface area contributed by atoms with Crippen molar-refractivity contribution in [1.82, 2.24) is 4.90 Å². The summed E-state index contributed by atoms with van der Waals surface area (Å²) in [4.78, 5) is 27.9. The van der Waals surface area contributed by atoms with E-state index in [4.69, 9.17) is 47.4 Å². The number of likely N-dealkylation sites (N-methyl/N-ethyl adjacent to an activating group) is 1. The minimum absolute atomic E-state index is 0.0100. The quantitative estimate of drug-likeness (QED) is 0.301. The second-order valence-electron chi connectivity index (χ2n) is 12.7. The van der Waals surface area contributed by atoms with Gasteiger partial charge in [-0.1, -0.05) is 0 Å². The predicted molar refractivity (Wildman–Crippen MR) is 161 cm³/mol. The van der Waals surface area contributed by atoms with Crippen LogP contribution in [0.5, 0.6) is 28.7 Å². The molecule has 7 rings (SSSR count). The van der Waals surface area contributed by atoms with Crippen LogP contribution >= 0.6 is 0 Å². The summed E-state index contributed by atoms with van der Waals surface area (Å²) in [5.41, 5.74) is 1.95. The molecule has 2 aromatic carbocycles. The maximum atomic E-state index is 13.6. The minimum atomic E-state index is -1.46. The molecule has 15 heteroatoms. The van der Waals surface area contributed by atoms with Crippen molar-refractivity contribution in [2.75, 3.05) is 54.9 Å². The lowest BCUT2D eigenvalue weighted by Gasteiger charge is -2.47. The number of benzene rings is 2. The van der Waals surface area contributed by atoms with Crippen molar-refractivity contribution in [2.24, 2.45) is 11.8 Å². The van der Waals surface area contributed by atoms with E-state index in [1.165, 1.54) is 14.2 Å². The highest BCUT2D eigenvalue weighted by Gasteiger charge is 2.56. The Kier molecular flexibility index (Phi) is 8.87. The maximum absolute atomic E-state index is 13.6. The third-order valence-corrected chi connectivity index (χ3v) is 9.39. The van der Waals surface area contributed by atoms with Gasteiger partial charge >= 0.3 is 11.9 Å². The molecule has 0 spiro atoms. The van der Waals surface area contributed by atoms with Gasteiger partial charge < -0.3 is 57.6 Å². The van der Waals surface area contributed by atoms with E-state index in [0.29, 0.717) is 28.2 Å². The number of carbonyl (C=O) groups excluding carboxylic acids is 2. The van der Waals surface area contributed by atoms with Crippen LogP contribution in [0.1, 0.15) is 35.6 Å². The van der Waals surface area contributed by atoms with Gasteiger partial charge in [0.25, 0.3) is 0 Å². The average Bonchev–Trinajstić information content (AvgIpc) is 3.68. The summed E-state index contributed by atoms with van der Waals surface area (Å²) in [5.74, 6) is -1.35. The van der Waals surface area contributed by atoms with Crippen molar-refractivity contribution < 1.29 is 67.2 Å². The molecular formula is C33H39NO14. The van der Waals surface area contributed by atoms with E-state index in [9.17, 15) is 19.8 Å². The van der Waals surface area contributed by atoms with Gasteiger partial charge in [-0.3, -0.25) is 14.5 Å². The van der Waals surface area contributed by atoms with E-state index in [-0.39, 0.29) is 43.8 Å². The second kappa shape index (κ2) is 13.0. The summed E-state index contributed by atoms with van der Waals surface area (Å²) < 4.78 is 58.0. The Balaban J connectivity index is 1.29. The van der Waals surface area contributed by atoms with Gasteiger partial charge in [0.1, 0.15) is 24.4 Å². The highest BCUT2D eigenvalue weighted by Crippen LogP contribution is 2.57. The molecule has 10 atom stereocenters. The van der Waals surface area contributed by atoms with Gasteiger partial charge in [-0.05, 0) is 62.0 Å². The lowest BCUT2D eigenvalue weighted by Crippen LogP contribution is -2.63. The first-order valence-electron chi connectivity index (χ1n) is 15.7. The molecule has 260 valence electrons. The molecule has 4 aliphatic heterocycles. The molecule has 3 fully saturated rings. The normalized spacial score (nSPS) is 33.4. The molecule has 4 heterocycles. The summed E-state index contributed by atoms with van der Waals surface area (Å²) in [6, 6.07) is 7.01. The molecule has 0 aromatic heterocycles. The molecule has 0 bridgehead atoms. The molecule has 0 saturated carbocycles. The van der Waals surface area contributed by atoms with E-state index in [0.717, 1.165) is 0 Å². The fourth-order valence-corrected chi connectivity index (χ4v) is 7.23. The Morgan fingerprint density at radius 1 is 0.938 bits per heavy atom. The highest BCUT2D eigenvalue weighted by molar-refractivity contribution is 5.80. The first kappa shape index (κ1) is 32.8. The fourth-order valence-electron chi connectivity index (χ4n) is 7.23. The van der Waals surface area contributed by atoms with E-state index in [1.807, 2.05) is 0 Å². The van der Waals surface area contributed by atoms with Crippen molar-refractivity contribution in [3.8, 4) is 28.7 Å². The van der Waals surface area contributed by atoms with Crippen LogP contribution in [0.15, 0.2) is 24.3 Å². The largest absolute Gasteiger partial charge is 0.493 e. The maximum Gasteiger partial charge on any atom is 0.325 e. The number of ether oxygens (including phenoxy) is 10. The van der Waals surface area contributed by atoms with Crippen LogP contribution in [-0.4, -0.2) is 119 Å². The van der Waals surface area contributed by atoms with Crippen LogP contribution in [-0.2, 0) is 33.3 Å². The van der Waals surface area contributed by atoms with Gasteiger partial charge in [0.05, 0.1) is 46.0 Å². The summed E-state index contributed by atoms with van der Waals surface area (Å²) in [5, 5.41) is 22.1. The number of nitrogens with zero attached hydrogens (tertiary/aromatic N) is 1. The lowest BCUT2D eigenvalue weighted by molar-refractivity contribution is -0.364. The second-order valence-corrected chi connectivity index (χ2v) is 12.7. The number of cyclic esters (lactones) is 1. The Morgan fingerprint density at radius 2 is 1.62 bits per heavy atom. The average molecular weight is 674 g/mol. The zero-order valence-corrected chi connectivity index (χ0v) is 27.2. The number of hydrogen-bond donors (Lipinski definition) is 2. The van der Waals surface area contributed by atoms with E-state index in [2.05, 4.69) is 0 Å². The first-order valence-corrected chi connectivity index (χ1v) is 15.7. The van der Waals surface area contributed by atoms with Crippen molar-refractivity contribution in [3.05, 3.63) is 41.0 Å². The third kappa shape index (κ3) is 5.72. The zero-order valence-electron chi connectivity index (χ0n) is 27.2. The summed E-state index contributed by atoms with van der Waals surface area (Å²) in [6.07, 6.45) is -6.95. The van der Waals surface area contributed by atoms with E-state index >= 15 is 0 Å². The van der Waals surface area contributed by atoms with Crippen molar-refractivity contribution in [1.29, 1.82) is 0 Å². The van der Waals surface area contributed by atoms with Crippen LogP contribution in [0.3, 0.4) is 0 Å². The monoisotopic (exact) mass is 673 g/mol. The number of esters is 2. The van der Waals surface area contributed by atoms with Gasteiger partial charge in [0.15, 0.2) is 35.6 Å². The standard InChI is InChI=1S/C33H39NO14/c1-14-41-12-23-31(45-14)27(36)28(37)33(46-23)48-29-17-9-20-19(43-13-44-20)8-16(17)25(26-18(29)11-42-32(26)38)15-6-21(39-4)30(22(7-15)40-5)47-24(35)10-34(2)3/h6-9,14,18,23,25-29,31,33,36-37H,10-13H2,1-5H3. The number of methoxy groups -OCH3 is 2. The number of rotatable bonds is 8. The zero-order chi connectivity index (χ0) is 33.9. The molecule has 5 aliphatic rings. The van der Waals surface area contributed by atoms with Crippen LogP contribution in [0.25, 0.3) is 0 Å². The van der Waals surface area contributed by atoms with Crippen LogP contribution in [0, 0.1) is 11.8 Å². The molecule has 3 saturated heterocycles. The van der Waals surface area contributed by atoms with Gasteiger partial charge in [0.2, 0.25) is 12.5 Å². The Morgan fingerprint density at radius 3 is 2.29 bits per heavy atom. The van der Waals surface area contributed by atoms with Crippen molar-refractivity contribution in [3.63, 3.8) is 0 Å². The molecule has 15 nitrogen and oxygen atoms in total. The highest BCUT2D eigenvalue weighted by atomic mass is 16.8. The van der Waals surface area contributed by atoms with Crippen molar-refractivity contribution >= 4 is 11.9 Å². The molecule has 10 unspecified atom stereocenters. The van der Waals surface area contributed by atoms with Gasteiger partial charge in [-0.2, -0.15) is 0 Å². The molecule has 0 amide bonds. The van der Waals surface area contributed by atoms with Gasteiger partial charge in [-0.15, -0.1) is 0 Å². The van der Waals surface area contributed by atoms with Crippen LogP contribution in [0.2, 0.25) is 0 Å². The molecule has 2 aromatic rings. The van der Waals surface area contributed by atoms with Crippen molar-refractivity contribution in [2.45, 2.75) is 55.9 Å². The number of hydrogen-bond acceptors (Lipinski definition) is 15. The molecule has 48 heavy (non-hydrogen) atoms. The van der Waals surface area contributed by atoms with Gasteiger partial charge in [0, 0.05) is 11.8 Å². The van der Waals surface area contributed by atoms with Crippen LogP contribution in [0.4, 0.5) is 0 Å². The number of carbonyl (C=O) groups is 2. The first-order chi connectivity index (χ1) is 23.1. The number of aliphatic hydroxyl groups excluding tert-OH is 2. The summed E-state index contributed by atoms with van der Waals surface area (Å²) in [7, 11) is 6.39. The van der Waals surface area contributed by atoms with E-state index < -0.39 is 72.8 Å². The lowest BCUT2D eigenvalue weighted by atomic mass is 9.66. The summed E-state index contributed by atoms with van der Waals surface area (Å²) >= 11 is 0. The topological polar surface area (TPSA) is 170 Å². The molecule has 2 N–H and O–H groups in total. The smallest absolute Gasteiger partial charge is 0.325 e. The van der Waals surface area contributed by atoms with E-state index in [1.54, 1.807) is 50.2 Å². The molecular weight excluding hydrogens is 634 g/mol. The fraction of sp³-hybridized carbons (Fsp3) is 0.576. The van der Waals surface area contributed by atoms with Gasteiger partial charge in [-0.25, -0.2) is 0 Å².